The molecule has 0 aromatic heterocycles. The van der Waals surface area contributed by atoms with Gasteiger partial charge in [0, 0.05) is 45.6 Å². The van der Waals surface area contributed by atoms with Gasteiger partial charge in [0.15, 0.2) is 0 Å². The predicted octanol–water partition coefficient (Wildman–Crippen LogP) is 1.90. The normalized spacial score (nSPS) is 22.9. The van der Waals surface area contributed by atoms with Crippen molar-refractivity contribution >= 4 is 11.8 Å². The van der Waals surface area contributed by atoms with Crippen LogP contribution in [-0.2, 0) is 9.59 Å². The lowest BCUT2D eigenvalue weighted by atomic mass is 9.94. The number of hydrogen-bond donors (Lipinski definition) is 0. The first kappa shape index (κ1) is 17.9. The second-order valence-electron chi connectivity index (χ2n) is 7.11. The van der Waals surface area contributed by atoms with Gasteiger partial charge in [-0.05, 0) is 37.6 Å². The van der Waals surface area contributed by atoms with E-state index in [2.05, 4.69) is 4.90 Å². The molecule has 2 aliphatic heterocycles. The molecule has 5 nitrogen and oxygen atoms in total. The van der Waals surface area contributed by atoms with E-state index < -0.39 is 0 Å². The van der Waals surface area contributed by atoms with Crippen LogP contribution in [0.15, 0.2) is 24.3 Å². The van der Waals surface area contributed by atoms with Crippen molar-refractivity contribution < 1.29 is 14.0 Å². The smallest absolute Gasteiger partial charge is 0.225 e. The number of rotatable bonds is 2. The van der Waals surface area contributed by atoms with Gasteiger partial charge in [-0.3, -0.25) is 14.5 Å². The molecule has 1 unspecified atom stereocenters. The monoisotopic (exact) mass is 347 g/mol. The molecule has 0 bridgehead atoms. The zero-order chi connectivity index (χ0) is 18.0. The Balaban J connectivity index is 1.64. The van der Waals surface area contributed by atoms with E-state index in [1.165, 1.54) is 12.1 Å². The first-order valence-corrected chi connectivity index (χ1v) is 8.95. The summed E-state index contributed by atoms with van der Waals surface area (Å²) in [6, 6.07) is 6.64. The lowest BCUT2D eigenvalue weighted by Crippen LogP contribution is -2.52. The average molecular weight is 347 g/mol. The molecule has 2 heterocycles. The van der Waals surface area contributed by atoms with E-state index in [-0.39, 0.29) is 29.6 Å². The first-order chi connectivity index (χ1) is 12.0. The topological polar surface area (TPSA) is 43.9 Å². The minimum absolute atomic E-state index is 0.00729. The maximum absolute atomic E-state index is 13.2. The van der Waals surface area contributed by atoms with Gasteiger partial charge in [-0.1, -0.05) is 12.1 Å². The van der Waals surface area contributed by atoms with Gasteiger partial charge in [0.05, 0.1) is 6.04 Å². The number of halogens is 1. The number of benzene rings is 1. The van der Waals surface area contributed by atoms with Gasteiger partial charge in [-0.15, -0.1) is 0 Å². The van der Waals surface area contributed by atoms with Gasteiger partial charge in [-0.25, -0.2) is 4.39 Å². The minimum atomic E-state index is -0.243. The molecule has 2 saturated heterocycles. The molecule has 2 amide bonds. The molecule has 1 aromatic rings. The van der Waals surface area contributed by atoms with E-state index in [0.717, 1.165) is 31.5 Å². The third-order valence-electron chi connectivity index (χ3n) is 5.50. The van der Waals surface area contributed by atoms with Crippen molar-refractivity contribution in [2.24, 2.45) is 5.92 Å². The lowest BCUT2D eigenvalue weighted by Gasteiger charge is -2.42. The summed E-state index contributed by atoms with van der Waals surface area (Å²) < 4.78 is 13.2. The number of likely N-dealkylation sites (N-methyl/N-ethyl adjacent to an activating group) is 1. The molecule has 2 aliphatic rings. The van der Waals surface area contributed by atoms with Crippen molar-refractivity contribution in [3.05, 3.63) is 35.6 Å². The van der Waals surface area contributed by atoms with Gasteiger partial charge in [0.25, 0.3) is 0 Å². The molecule has 136 valence electrons. The van der Waals surface area contributed by atoms with E-state index in [4.69, 9.17) is 0 Å². The van der Waals surface area contributed by atoms with E-state index >= 15 is 0 Å². The quantitative estimate of drug-likeness (QED) is 0.821. The Morgan fingerprint density at radius 1 is 1.00 bits per heavy atom. The van der Waals surface area contributed by atoms with Crippen molar-refractivity contribution in [3.63, 3.8) is 0 Å². The van der Waals surface area contributed by atoms with Crippen molar-refractivity contribution in [2.75, 3.05) is 39.8 Å². The number of hydrogen-bond acceptors (Lipinski definition) is 3. The van der Waals surface area contributed by atoms with E-state index in [1.54, 1.807) is 19.1 Å². The minimum Gasteiger partial charge on any atom is -0.343 e. The molecule has 2 fully saturated rings. The summed E-state index contributed by atoms with van der Waals surface area (Å²) in [5.41, 5.74) is 1.03. The second kappa shape index (κ2) is 7.52. The van der Waals surface area contributed by atoms with Crippen LogP contribution in [0.4, 0.5) is 4.39 Å². The van der Waals surface area contributed by atoms with Gasteiger partial charge >= 0.3 is 0 Å². The Bertz CT molecular complexity index is 626. The summed E-state index contributed by atoms with van der Waals surface area (Å²) in [6.07, 6.45) is 1.48. The Morgan fingerprint density at radius 3 is 2.24 bits per heavy atom. The number of piperazine rings is 1. The summed E-state index contributed by atoms with van der Waals surface area (Å²) in [4.78, 5) is 30.3. The van der Waals surface area contributed by atoms with Crippen LogP contribution in [0, 0.1) is 11.7 Å². The summed E-state index contributed by atoms with van der Waals surface area (Å²) >= 11 is 0. The SMILES string of the molecule is CC(=O)N1CCC(C(=O)N2CCN(C)C(c3ccc(F)cc3)C2)CC1. The van der Waals surface area contributed by atoms with Crippen molar-refractivity contribution in [2.45, 2.75) is 25.8 Å². The van der Waals surface area contributed by atoms with Gasteiger partial charge in [0.1, 0.15) is 5.82 Å². The fraction of sp³-hybridized carbons (Fsp3) is 0.579. The summed E-state index contributed by atoms with van der Waals surface area (Å²) in [6.45, 7) is 5.07. The standard InChI is InChI=1S/C19H26FN3O2/c1-14(24)22-9-7-16(8-10-22)19(25)23-12-11-21(2)18(13-23)15-3-5-17(20)6-4-15/h3-6,16,18H,7-13H2,1-2H3. The third kappa shape index (κ3) is 4.00. The second-order valence-corrected chi connectivity index (χ2v) is 7.11. The Kier molecular flexibility index (Phi) is 5.37. The number of carbonyl (C=O) groups is 2. The van der Waals surface area contributed by atoms with E-state index in [0.29, 0.717) is 19.6 Å². The number of piperidine rings is 1. The largest absolute Gasteiger partial charge is 0.343 e. The highest BCUT2D eigenvalue weighted by molar-refractivity contribution is 5.80. The van der Waals surface area contributed by atoms with Crippen LogP contribution in [0.5, 0.6) is 0 Å². The fourth-order valence-electron chi connectivity index (χ4n) is 3.82. The zero-order valence-corrected chi connectivity index (χ0v) is 14.9. The van der Waals surface area contributed by atoms with Crippen LogP contribution in [-0.4, -0.2) is 66.3 Å². The maximum atomic E-state index is 13.2. The number of carbonyl (C=O) groups excluding carboxylic acids is 2. The van der Waals surface area contributed by atoms with Gasteiger partial charge < -0.3 is 9.80 Å². The molecular formula is C19H26FN3O2. The van der Waals surface area contributed by atoms with Crippen molar-refractivity contribution in [1.29, 1.82) is 0 Å². The van der Waals surface area contributed by atoms with Crippen molar-refractivity contribution in [3.8, 4) is 0 Å². The molecule has 0 N–H and O–H groups in total. The van der Waals surface area contributed by atoms with Crippen molar-refractivity contribution in [1.82, 2.24) is 14.7 Å². The number of amides is 2. The zero-order valence-electron chi connectivity index (χ0n) is 14.9. The Hall–Kier alpha value is -1.95. The van der Waals surface area contributed by atoms with Crippen LogP contribution in [0.2, 0.25) is 0 Å². The molecule has 0 aliphatic carbocycles. The fourth-order valence-corrected chi connectivity index (χ4v) is 3.82. The highest BCUT2D eigenvalue weighted by Gasteiger charge is 2.33. The van der Waals surface area contributed by atoms with E-state index in [1.807, 2.05) is 16.8 Å². The average Bonchev–Trinajstić information content (AvgIpc) is 2.62. The van der Waals surface area contributed by atoms with Crippen LogP contribution in [0.1, 0.15) is 31.4 Å². The highest BCUT2D eigenvalue weighted by atomic mass is 19.1. The van der Waals surface area contributed by atoms with Crippen LogP contribution in [0.25, 0.3) is 0 Å². The molecule has 1 atom stereocenters. The molecular weight excluding hydrogens is 321 g/mol. The first-order valence-electron chi connectivity index (χ1n) is 8.95. The van der Waals surface area contributed by atoms with Gasteiger partial charge in [-0.2, -0.15) is 0 Å². The Morgan fingerprint density at radius 2 is 1.64 bits per heavy atom. The van der Waals surface area contributed by atoms with Crippen LogP contribution < -0.4 is 0 Å². The third-order valence-corrected chi connectivity index (χ3v) is 5.50. The molecule has 3 rings (SSSR count). The van der Waals surface area contributed by atoms with E-state index in [9.17, 15) is 14.0 Å². The molecule has 0 spiro atoms. The highest BCUT2D eigenvalue weighted by Crippen LogP contribution is 2.27. The molecule has 0 saturated carbocycles. The lowest BCUT2D eigenvalue weighted by molar-refractivity contribution is -0.142. The van der Waals surface area contributed by atoms with Crippen LogP contribution in [0.3, 0.4) is 0 Å². The van der Waals surface area contributed by atoms with Gasteiger partial charge in [0.2, 0.25) is 11.8 Å². The molecule has 1 aromatic carbocycles. The number of nitrogens with zero attached hydrogens (tertiary/aromatic N) is 3. The molecule has 6 heteroatoms. The Labute approximate surface area is 148 Å². The predicted molar refractivity (Wildman–Crippen MR) is 93.3 cm³/mol. The molecule has 0 radical (unpaired) electrons. The summed E-state index contributed by atoms with van der Waals surface area (Å²) in [7, 11) is 2.04. The van der Waals surface area contributed by atoms with Crippen LogP contribution >= 0.6 is 0 Å². The summed E-state index contributed by atoms with van der Waals surface area (Å²) in [5, 5.41) is 0. The molecule has 25 heavy (non-hydrogen) atoms. The maximum Gasteiger partial charge on any atom is 0.225 e. The number of likely N-dealkylation sites (tertiary alicyclic amines) is 1. The summed E-state index contributed by atoms with van der Waals surface area (Å²) in [5.74, 6) is 0.0468.